The summed E-state index contributed by atoms with van der Waals surface area (Å²) in [6.45, 7) is 15.7. The molecule has 33 heavy (non-hydrogen) atoms. The molecule has 1 fully saturated rings. The Morgan fingerprint density at radius 2 is 1.64 bits per heavy atom. The summed E-state index contributed by atoms with van der Waals surface area (Å²) in [4.78, 5) is 19.2. The van der Waals surface area contributed by atoms with Crippen molar-refractivity contribution in [3.05, 3.63) is 35.4 Å². The molecular formula is C25H37Cl3N3O2+. The molecule has 0 aromatic heterocycles. The van der Waals surface area contributed by atoms with Gasteiger partial charge in [-0.3, -0.25) is 9.63 Å². The van der Waals surface area contributed by atoms with Crippen LogP contribution in [0, 0.1) is 12.3 Å². The number of halogens is 3. The molecule has 0 bridgehead atoms. The summed E-state index contributed by atoms with van der Waals surface area (Å²) >= 11 is 17.7. The Bertz CT molecular complexity index is 902. The van der Waals surface area contributed by atoms with Crippen LogP contribution in [0.4, 0.5) is 0 Å². The van der Waals surface area contributed by atoms with Crippen LogP contribution in [0.3, 0.4) is 0 Å². The van der Waals surface area contributed by atoms with E-state index in [0.29, 0.717) is 6.61 Å². The zero-order valence-corrected chi connectivity index (χ0v) is 23.0. The maximum Gasteiger partial charge on any atom is 0.325 e. The third kappa shape index (κ3) is 5.87. The molecule has 8 heteroatoms. The molecule has 2 heterocycles. The quantitative estimate of drug-likeness (QED) is 0.386. The molecule has 1 aromatic rings. The molecule has 5 nitrogen and oxygen atoms in total. The molecular weight excluding hydrogens is 481 g/mol. The van der Waals surface area contributed by atoms with Crippen LogP contribution < -0.4 is 5.43 Å². The number of aryl methyl sites for hydroxylation is 1. The first kappa shape index (κ1) is 26.7. The van der Waals surface area contributed by atoms with Crippen molar-refractivity contribution in [1.82, 2.24) is 10.5 Å². The molecule has 1 saturated heterocycles. The van der Waals surface area contributed by atoms with E-state index in [1.54, 1.807) is 0 Å². The van der Waals surface area contributed by atoms with E-state index < -0.39 is 9.70 Å². The van der Waals surface area contributed by atoms with Crippen LogP contribution in [-0.2, 0) is 9.63 Å². The van der Waals surface area contributed by atoms with Gasteiger partial charge in [0.1, 0.15) is 6.61 Å². The summed E-state index contributed by atoms with van der Waals surface area (Å²) in [7, 11) is 0. The number of nitrogens with one attached hydrogen (secondary N) is 1. The van der Waals surface area contributed by atoms with E-state index in [0.717, 1.165) is 30.5 Å². The molecule has 2 aliphatic heterocycles. The molecule has 0 saturated carbocycles. The Morgan fingerprint density at radius 1 is 1.09 bits per heavy atom. The van der Waals surface area contributed by atoms with Crippen molar-refractivity contribution in [3.8, 4) is 0 Å². The average molecular weight is 518 g/mol. The standard InChI is InChI=1S/C25H36Cl3N3O2/c1-17-9-11-18(12-10-17)20-22(2,3)15-19(30(20)29-21(32)25(26,27)28)16-33-31-23(4,5)13-8-14-24(31,6)7/h9-12,19H,8,13-16H2,1-7H3/p+1. The number of piperidine rings is 1. The number of amides is 1. The Morgan fingerprint density at radius 3 is 2.15 bits per heavy atom. The van der Waals surface area contributed by atoms with E-state index in [1.807, 2.05) is 4.68 Å². The van der Waals surface area contributed by atoms with Crippen LogP contribution in [-0.4, -0.2) is 48.9 Å². The number of hydrogen-bond donors (Lipinski definition) is 1. The number of rotatable bonds is 5. The van der Waals surface area contributed by atoms with Crippen molar-refractivity contribution in [2.45, 2.75) is 95.1 Å². The normalized spacial score (nSPS) is 24.7. The van der Waals surface area contributed by atoms with Crippen LogP contribution in [0.15, 0.2) is 24.3 Å². The van der Waals surface area contributed by atoms with Gasteiger partial charge in [-0.15, -0.1) is 10.1 Å². The fourth-order valence-corrected chi connectivity index (χ4v) is 5.59. The van der Waals surface area contributed by atoms with Crippen LogP contribution in [0.5, 0.6) is 0 Å². The molecule has 1 atom stereocenters. The number of alkyl halides is 3. The van der Waals surface area contributed by atoms with E-state index in [9.17, 15) is 4.79 Å². The molecule has 1 amide bonds. The summed E-state index contributed by atoms with van der Waals surface area (Å²) in [5.41, 5.74) is 5.67. The van der Waals surface area contributed by atoms with E-state index in [-0.39, 0.29) is 22.5 Å². The minimum atomic E-state index is -2.06. The van der Waals surface area contributed by atoms with Gasteiger partial charge in [0.05, 0.1) is 5.41 Å². The Hall–Kier alpha value is -0.850. The zero-order chi connectivity index (χ0) is 24.8. The maximum atomic E-state index is 12.7. The number of benzene rings is 1. The van der Waals surface area contributed by atoms with Crippen LogP contribution in [0.1, 0.15) is 78.4 Å². The molecule has 184 valence electrons. The van der Waals surface area contributed by atoms with Crippen molar-refractivity contribution < 1.29 is 14.3 Å². The molecule has 3 rings (SSSR count). The number of carbonyl (C=O) groups excluding carboxylic acids is 1. The Kier molecular flexibility index (Phi) is 7.55. The first-order chi connectivity index (χ1) is 15.0. The lowest BCUT2D eigenvalue weighted by atomic mass is 9.81. The highest BCUT2D eigenvalue weighted by atomic mass is 35.6. The molecule has 1 N–H and O–H groups in total. The van der Waals surface area contributed by atoms with Gasteiger partial charge in [-0.05, 0) is 79.9 Å². The average Bonchev–Trinajstić information content (AvgIpc) is 2.90. The largest absolute Gasteiger partial charge is 0.325 e. The number of nitrogens with zero attached hydrogens (tertiary/aromatic N) is 2. The number of hydrazone groups is 1. The number of hydroxylamine groups is 2. The fraction of sp³-hybridized carbons (Fsp3) is 0.680. The molecule has 2 aliphatic rings. The second kappa shape index (κ2) is 9.31. The van der Waals surface area contributed by atoms with Gasteiger partial charge in [0, 0.05) is 23.1 Å². The van der Waals surface area contributed by atoms with Gasteiger partial charge < -0.3 is 0 Å². The predicted octanol–water partition coefficient (Wildman–Crippen LogP) is 5.97. The number of carbonyl (C=O) groups is 1. The molecule has 0 radical (unpaired) electrons. The lowest BCUT2D eigenvalue weighted by Crippen LogP contribution is -2.59. The highest BCUT2D eigenvalue weighted by molar-refractivity contribution is 6.76. The highest BCUT2D eigenvalue weighted by Gasteiger charge is 2.51. The van der Waals surface area contributed by atoms with Crippen molar-refractivity contribution >= 4 is 46.4 Å². The van der Waals surface area contributed by atoms with Crippen molar-refractivity contribution in [3.63, 3.8) is 0 Å². The molecule has 1 aromatic carbocycles. The first-order valence-electron chi connectivity index (χ1n) is 11.6. The number of hydrogen-bond acceptors (Lipinski definition) is 3. The third-order valence-electron chi connectivity index (χ3n) is 6.87. The fourth-order valence-electron chi connectivity index (χ4n) is 5.47. The lowest BCUT2D eigenvalue weighted by molar-refractivity contribution is -0.608. The monoisotopic (exact) mass is 516 g/mol. The Balaban J connectivity index is 1.97. The van der Waals surface area contributed by atoms with Crippen molar-refractivity contribution in [1.29, 1.82) is 0 Å². The molecule has 0 aliphatic carbocycles. The lowest BCUT2D eigenvalue weighted by Gasteiger charge is -2.51. The van der Waals surface area contributed by atoms with E-state index >= 15 is 0 Å². The van der Waals surface area contributed by atoms with Gasteiger partial charge >= 0.3 is 5.91 Å². The van der Waals surface area contributed by atoms with Gasteiger partial charge in [-0.2, -0.15) is 5.06 Å². The molecule has 1 unspecified atom stereocenters. The van der Waals surface area contributed by atoms with Gasteiger partial charge in [-0.25, -0.2) is 0 Å². The predicted molar refractivity (Wildman–Crippen MR) is 136 cm³/mol. The van der Waals surface area contributed by atoms with E-state index in [1.165, 1.54) is 12.0 Å². The van der Waals surface area contributed by atoms with Crippen molar-refractivity contribution in [2.24, 2.45) is 5.41 Å². The summed E-state index contributed by atoms with van der Waals surface area (Å²) in [6.07, 6.45) is 4.10. The van der Waals surface area contributed by atoms with E-state index in [4.69, 9.17) is 39.6 Å². The SMILES string of the molecule is Cc1ccc(C2=[N+](NC(=O)C(Cl)(Cl)Cl)C(CON3C(C)(C)CCCC3(C)C)CC2(C)C)cc1. The van der Waals surface area contributed by atoms with Crippen LogP contribution >= 0.6 is 34.8 Å². The summed E-state index contributed by atoms with van der Waals surface area (Å²) in [5.74, 6) is -0.682. The number of hydrazine groups is 1. The van der Waals surface area contributed by atoms with E-state index in [2.05, 4.69) is 83.2 Å². The second-order valence-corrected chi connectivity index (χ2v) is 13.6. The summed E-state index contributed by atoms with van der Waals surface area (Å²) in [5, 5.41) is 2.15. The first-order valence-corrected chi connectivity index (χ1v) is 12.7. The highest BCUT2D eigenvalue weighted by Crippen LogP contribution is 2.40. The maximum absolute atomic E-state index is 12.7. The zero-order valence-electron chi connectivity index (χ0n) is 20.8. The van der Waals surface area contributed by atoms with Crippen LogP contribution in [0.25, 0.3) is 0 Å². The summed E-state index contributed by atoms with van der Waals surface area (Å²) < 4.78 is -0.202. The minimum Gasteiger partial charge on any atom is -0.291 e. The Labute approximate surface area is 213 Å². The van der Waals surface area contributed by atoms with Gasteiger partial charge in [0.15, 0.2) is 0 Å². The smallest absolute Gasteiger partial charge is 0.291 e. The van der Waals surface area contributed by atoms with Gasteiger partial charge in [-0.1, -0.05) is 52.5 Å². The second-order valence-electron chi connectivity index (χ2n) is 11.3. The van der Waals surface area contributed by atoms with Crippen molar-refractivity contribution in [2.75, 3.05) is 6.61 Å². The summed E-state index contributed by atoms with van der Waals surface area (Å²) in [6, 6.07) is 8.15. The van der Waals surface area contributed by atoms with Gasteiger partial charge in [0.25, 0.3) is 3.79 Å². The molecule has 0 spiro atoms. The van der Waals surface area contributed by atoms with Gasteiger partial charge in [0.2, 0.25) is 11.8 Å². The topological polar surface area (TPSA) is 44.6 Å². The van der Waals surface area contributed by atoms with Crippen LogP contribution in [0.2, 0.25) is 0 Å². The minimum absolute atomic E-state index is 0.0784. The third-order valence-corrected chi connectivity index (χ3v) is 7.39.